The number of hydrogen-bond acceptors (Lipinski definition) is 2. The highest BCUT2D eigenvalue weighted by Crippen LogP contribution is 2.14. The van der Waals surface area contributed by atoms with Crippen molar-refractivity contribution in [3.8, 4) is 0 Å². The monoisotopic (exact) mass is 203 g/mol. The first-order valence-corrected chi connectivity index (χ1v) is 4.58. The van der Waals surface area contributed by atoms with Gasteiger partial charge in [-0.1, -0.05) is 19.6 Å². The average molecular weight is 203 g/mol. The van der Waals surface area contributed by atoms with E-state index in [1.54, 1.807) is 6.33 Å². The van der Waals surface area contributed by atoms with E-state index >= 15 is 0 Å². The molecule has 3 heteroatoms. The smallest absolute Gasteiger partial charge is 0.0921 e. The molecule has 1 heterocycles. The van der Waals surface area contributed by atoms with E-state index < -0.39 is 0 Å². The topological polar surface area (TPSA) is 54.7 Å². The Hall–Kier alpha value is -1.77. The summed E-state index contributed by atoms with van der Waals surface area (Å²) in [6.07, 6.45) is 4.37. The van der Waals surface area contributed by atoms with Crippen LogP contribution in [0, 0.1) is 6.92 Å². The lowest BCUT2D eigenvalue weighted by molar-refractivity contribution is 1.11. The van der Waals surface area contributed by atoms with Gasteiger partial charge in [0, 0.05) is 24.0 Å². The number of benzene rings is 1. The van der Waals surface area contributed by atoms with Crippen molar-refractivity contribution in [3.05, 3.63) is 47.5 Å². The standard InChI is InChI=1S/C11H13N3.CH4/c1-8-2-3-9(5-11(8)12)4-10-6-13-7-14-10;/h2-3,5-7H,4,12H2,1H3,(H,13,14);1H4. The highest BCUT2D eigenvalue weighted by atomic mass is 14.9. The van der Waals surface area contributed by atoms with Crippen molar-refractivity contribution in [1.82, 2.24) is 9.97 Å². The predicted octanol–water partition coefficient (Wildman–Crippen LogP) is 2.53. The lowest BCUT2D eigenvalue weighted by Crippen LogP contribution is -1.93. The summed E-state index contributed by atoms with van der Waals surface area (Å²) in [5, 5.41) is 0. The fourth-order valence-corrected chi connectivity index (χ4v) is 1.40. The SMILES string of the molecule is C.Cc1ccc(Cc2cnc[nH]2)cc1N. The van der Waals surface area contributed by atoms with Crippen molar-refractivity contribution < 1.29 is 0 Å². The van der Waals surface area contributed by atoms with Gasteiger partial charge < -0.3 is 10.7 Å². The van der Waals surface area contributed by atoms with Crippen LogP contribution in [-0.2, 0) is 6.42 Å². The molecule has 0 amide bonds. The fraction of sp³-hybridized carbons (Fsp3) is 0.250. The average Bonchev–Trinajstić information content (AvgIpc) is 2.64. The van der Waals surface area contributed by atoms with Gasteiger partial charge in [-0.3, -0.25) is 0 Å². The Morgan fingerprint density at radius 1 is 1.40 bits per heavy atom. The number of aromatic amines is 1. The number of hydrogen-bond donors (Lipinski definition) is 2. The van der Waals surface area contributed by atoms with Gasteiger partial charge >= 0.3 is 0 Å². The minimum Gasteiger partial charge on any atom is -0.399 e. The number of anilines is 1. The van der Waals surface area contributed by atoms with Crippen LogP contribution in [-0.4, -0.2) is 9.97 Å². The number of nitrogens with zero attached hydrogens (tertiary/aromatic N) is 1. The van der Waals surface area contributed by atoms with E-state index in [2.05, 4.69) is 16.0 Å². The number of H-pyrrole nitrogens is 1. The summed E-state index contributed by atoms with van der Waals surface area (Å²) in [6, 6.07) is 6.14. The molecule has 15 heavy (non-hydrogen) atoms. The van der Waals surface area contributed by atoms with Gasteiger partial charge in [0.2, 0.25) is 0 Å². The maximum absolute atomic E-state index is 5.82. The van der Waals surface area contributed by atoms with Crippen LogP contribution in [0.2, 0.25) is 0 Å². The first-order valence-electron chi connectivity index (χ1n) is 4.58. The molecular weight excluding hydrogens is 186 g/mol. The predicted molar refractivity (Wildman–Crippen MR) is 63.7 cm³/mol. The molecule has 3 N–H and O–H groups in total. The van der Waals surface area contributed by atoms with Crippen LogP contribution in [0.1, 0.15) is 24.2 Å². The minimum absolute atomic E-state index is 0. The second-order valence-electron chi connectivity index (χ2n) is 3.44. The highest BCUT2D eigenvalue weighted by Gasteiger charge is 1.99. The molecule has 0 radical (unpaired) electrons. The first-order chi connectivity index (χ1) is 6.75. The molecule has 1 aromatic carbocycles. The molecule has 2 rings (SSSR count). The second-order valence-corrected chi connectivity index (χ2v) is 3.44. The molecule has 2 aromatic rings. The molecule has 0 atom stereocenters. The van der Waals surface area contributed by atoms with Crippen molar-refractivity contribution in [1.29, 1.82) is 0 Å². The van der Waals surface area contributed by atoms with Crippen molar-refractivity contribution in [2.75, 3.05) is 5.73 Å². The molecule has 80 valence electrons. The number of nitrogens with one attached hydrogen (secondary N) is 1. The highest BCUT2D eigenvalue weighted by molar-refractivity contribution is 5.48. The fourth-order valence-electron chi connectivity index (χ4n) is 1.40. The molecule has 0 saturated carbocycles. The zero-order valence-corrected chi connectivity index (χ0v) is 8.12. The van der Waals surface area contributed by atoms with Crippen LogP contribution >= 0.6 is 0 Å². The maximum atomic E-state index is 5.82. The van der Waals surface area contributed by atoms with Gasteiger partial charge in [0.15, 0.2) is 0 Å². The van der Waals surface area contributed by atoms with E-state index in [4.69, 9.17) is 5.73 Å². The molecule has 0 aliphatic carbocycles. The van der Waals surface area contributed by atoms with Crippen LogP contribution in [0.15, 0.2) is 30.7 Å². The van der Waals surface area contributed by atoms with E-state index in [9.17, 15) is 0 Å². The van der Waals surface area contributed by atoms with Gasteiger partial charge in [-0.15, -0.1) is 0 Å². The zero-order chi connectivity index (χ0) is 9.97. The molecule has 0 saturated heterocycles. The quantitative estimate of drug-likeness (QED) is 0.737. The van der Waals surface area contributed by atoms with Crippen molar-refractivity contribution in [2.24, 2.45) is 0 Å². The van der Waals surface area contributed by atoms with E-state index in [-0.39, 0.29) is 7.43 Å². The molecule has 0 aliphatic heterocycles. The van der Waals surface area contributed by atoms with E-state index in [0.29, 0.717) is 0 Å². The Kier molecular flexibility index (Phi) is 3.50. The van der Waals surface area contributed by atoms with E-state index in [1.165, 1.54) is 5.56 Å². The molecule has 0 fully saturated rings. The Morgan fingerprint density at radius 2 is 2.20 bits per heavy atom. The van der Waals surface area contributed by atoms with Gasteiger partial charge in [0.25, 0.3) is 0 Å². The van der Waals surface area contributed by atoms with Crippen LogP contribution in [0.5, 0.6) is 0 Å². The number of aryl methyl sites for hydroxylation is 1. The van der Waals surface area contributed by atoms with Gasteiger partial charge in [-0.25, -0.2) is 4.98 Å². The molecule has 0 aliphatic rings. The summed E-state index contributed by atoms with van der Waals surface area (Å²) in [5.74, 6) is 0. The lowest BCUT2D eigenvalue weighted by atomic mass is 10.1. The Bertz CT molecular complexity index is 418. The molecule has 3 nitrogen and oxygen atoms in total. The number of nitrogen functional groups attached to an aromatic ring is 1. The largest absolute Gasteiger partial charge is 0.399 e. The minimum atomic E-state index is 0. The van der Waals surface area contributed by atoms with Crippen molar-refractivity contribution >= 4 is 5.69 Å². The second kappa shape index (κ2) is 4.64. The molecule has 0 unspecified atom stereocenters. The van der Waals surface area contributed by atoms with E-state index in [0.717, 1.165) is 23.4 Å². The van der Waals surface area contributed by atoms with Crippen LogP contribution in [0.25, 0.3) is 0 Å². The number of imidazole rings is 1. The van der Waals surface area contributed by atoms with Crippen LogP contribution in [0.3, 0.4) is 0 Å². The third-order valence-corrected chi connectivity index (χ3v) is 2.29. The molecule has 0 spiro atoms. The van der Waals surface area contributed by atoms with Gasteiger partial charge in [0.05, 0.1) is 6.33 Å². The summed E-state index contributed by atoms with van der Waals surface area (Å²) in [5.41, 5.74) is 10.1. The third kappa shape index (κ3) is 2.59. The van der Waals surface area contributed by atoms with Crippen molar-refractivity contribution in [2.45, 2.75) is 20.8 Å². The molecule has 0 bridgehead atoms. The van der Waals surface area contributed by atoms with Crippen LogP contribution in [0.4, 0.5) is 5.69 Å². The molecule has 1 aromatic heterocycles. The van der Waals surface area contributed by atoms with Gasteiger partial charge in [0.1, 0.15) is 0 Å². The van der Waals surface area contributed by atoms with Crippen LogP contribution < -0.4 is 5.73 Å². The normalized spacial score (nSPS) is 9.67. The Morgan fingerprint density at radius 3 is 2.80 bits per heavy atom. The zero-order valence-electron chi connectivity index (χ0n) is 8.12. The molecular formula is C12H17N3. The van der Waals surface area contributed by atoms with Gasteiger partial charge in [-0.2, -0.15) is 0 Å². The van der Waals surface area contributed by atoms with Crippen molar-refractivity contribution in [3.63, 3.8) is 0 Å². The lowest BCUT2D eigenvalue weighted by Gasteiger charge is -2.03. The number of aromatic nitrogens is 2. The Balaban J connectivity index is 0.00000112. The maximum Gasteiger partial charge on any atom is 0.0921 e. The summed E-state index contributed by atoms with van der Waals surface area (Å²) in [7, 11) is 0. The summed E-state index contributed by atoms with van der Waals surface area (Å²) >= 11 is 0. The Labute approximate surface area is 90.4 Å². The summed E-state index contributed by atoms with van der Waals surface area (Å²) in [4.78, 5) is 7.04. The number of rotatable bonds is 2. The summed E-state index contributed by atoms with van der Waals surface area (Å²) < 4.78 is 0. The summed E-state index contributed by atoms with van der Waals surface area (Å²) in [6.45, 7) is 2.01. The number of nitrogens with two attached hydrogens (primary N) is 1. The van der Waals surface area contributed by atoms with E-state index in [1.807, 2.05) is 25.3 Å². The first kappa shape index (κ1) is 11.3. The van der Waals surface area contributed by atoms with Gasteiger partial charge in [-0.05, 0) is 24.1 Å². The third-order valence-electron chi connectivity index (χ3n) is 2.29.